The van der Waals surface area contributed by atoms with Gasteiger partial charge in [-0.15, -0.1) is 11.8 Å². The molecule has 1 fully saturated rings. The minimum Gasteiger partial charge on any atom is -0.481 e. The number of thioether (sulfide) groups is 2. The van der Waals surface area contributed by atoms with Crippen LogP contribution in [0.2, 0.25) is 5.02 Å². The maximum absolute atomic E-state index is 10.7. The van der Waals surface area contributed by atoms with Crippen LogP contribution in [0.1, 0.15) is 31.2 Å². The van der Waals surface area contributed by atoms with Crippen LogP contribution >= 0.6 is 35.1 Å². The molecule has 0 aromatic heterocycles. The van der Waals surface area contributed by atoms with Crippen LogP contribution in [0.4, 0.5) is 0 Å². The Bertz CT molecular complexity index is 436. The number of halogens is 1. The van der Waals surface area contributed by atoms with Gasteiger partial charge < -0.3 is 5.11 Å². The van der Waals surface area contributed by atoms with E-state index in [9.17, 15) is 4.79 Å². The molecule has 0 heterocycles. The zero-order chi connectivity index (χ0) is 14.4. The fourth-order valence-electron chi connectivity index (χ4n) is 2.41. The molecule has 1 aliphatic carbocycles. The van der Waals surface area contributed by atoms with Crippen molar-refractivity contribution in [3.63, 3.8) is 0 Å². The number of carboxylic acids is 1. The molecule has 0 saturated heterocycles. The van der Waals surface area contributed by atoms with Gasteiger partial charge in [0.2, 0.25) is 0 Å². The molecule has 1 N–H and O–H groups in total. The summed E-state index contributed by atoms with van der Waals surface area (Å²) in [6.07, 6.45) is 4.85. The Morgan fingerprint density at radius 2 is 1.75 bits per heavy atom. The molecule has 2 rings (SSSR count). The van der Waals surface area contributed by atoms with Gasteiger partial charge in [-0.1, -0.05) is 36.6 Å². The van der Waals surface area contributed by atoms with E-state index in [-0.39, 0.29) is 5.75 Å². The molecule has 1 aromatic carbocycles. The molecule has 5 heteroatoms. The normalized spacial score (nSPS) is 22.6. The van der Waals surface area contributed by atoms with Crippen molar-refractivity contribution in [2.24, 2.45) is 0 Å². The van der Waals surface area contributed by atoms with E-state index in [1.165, 1.54) is 24.8 Å². The lowest BCUT2D eigenvalue weighted by Gasteiger charge is -2.30. The molecule has 2 nitrogen and oxygen atoms in total. The van der Waals surface area contributed by atoms with Crippen LogP contribution in [-0.4, -0.2) is 27.3 Å². The maximum Gasteiger partial charge on any atom is 0.313 e. The van der Waals surface area contributed by atoms with Crippen LogP contribution in [0.15, 0.2) is 24.3 Å². The number of aliphatic carboxylic acids is 1. The van der Waals surface area contributed by atoms with E-state index in [4.69, 9.17) is 16.7 Å². The third kappa shape index (κ3) is 5.23. The molecule has 0 amide bonds. The number of hydrogen-bond acceptors (Lipinski definition) is 3. The highest BCUT2D eigenvalue weighted by atomic mass is 35.5. The summed E-state index contributed by atoms with van der Waals surface area (Å²) in [6, 6.07) is 7.99. The molecular formula is C15H19ClO2S2. The van der Waals surface area contributed by atoms with E-state index in [2.05, 4.69) is 12.1 Å². The van der Waals surface area contributed by atoms with Gasteiger partial charge in [0, 0.05) is 21.3 Å². The van der Waals surface area contributed by atoms with Crippen LogP contribution in [-0.2, 0) is 10.5 Å². The summed E-state index contributed by atoms with van der Waals surface area (Å²) in [6.45, 7) is 0. The second-order valence-electron chi connectivity index (χ2n) is 5.00. The maximum atomic E-state index is 10.7. The monoisotopic (exact) mass is 330 g/mol. The summed E-state index contributed by atoms with van der Waals surface area (Å²) < 4.78 is 0. The number of carboxylic acid groups (broad SMARTS) is 1. The van der Waals surface area contributed by atoms with Gasteiger partial charge in [-0.05, 0) is 30.5 Å². The predicted octanol–water partition coefficient (Wildman–Crippen LogP) is 4.70. The molecule has 0 bridgehead atoms. The van der Waals surface area contributed by atoms with Crippen molar-refractivity contribution < 1.29 is 9.90 Å². The Morgan fingerprint density at radius 3 is 2.35 bits per heavy atom. The largest absolute Gasteiger partial charge is 0.481 e. The van der Waals surface area contributed by atoms with Gasteiger partial charge in [0.15, 0.2) is 0 Å². The molecule has 0 spiro atoms. The van der Waals surface area contributed by atoms with E-state index in [0.29, 0.717) is 10.5 Å². The van der Waals surface area contributed by atoms with Gasteiger partial charge >= 0.3 is 5.97 Å². The minimum atomic E-state index is -0.706. The van der Waals surface area contributed by atoms with Crippen molar-refractivity contribution in [2.75, 3.05) is 5.75 Å². The lowest BCUT2D eigenvalue weighted by atomic mass is 10.00. The molecule has 110 valence electrons. The van der Waals surface area contributed by atoms with Gasteiger partial charge in [0.05, 0.1) is 5.75 Å². The molecular weight excluding hydrogens is 312 g/mol. The predicted molar refractivity (Wildman–Crippen MR) is 88.9 cm³/mol. The molecule has 1 aromatic rings. The van der Waals surface area contributed by atoms with Crippen LogP contribution in [0.25, 0.3) is 0 Å². The Hall–Kier alpha value is -0.320. The number of benzene rings is 1. The van der Waals surface area contributed by atoms with Crippen LogP contribution < -0.4 is 0 Å². The fraction of sp³-hybridized carbons (Fsp3) is 0.533. The molecule has 0 unspecified atom stereocenters. The molecule has 2 atom stereocenters. The van der Waals surface area contributed by atoms with Gasteiger partial charge in [0.1, 0.15) is 0 Å². The Balaban J connectivity index is 1.84. The SMILES string of the molecule is O=C(O)CS[C@@H]1CCCC[C@H]1SCc1ccc(Cl)cc1. The topological polar surface area (TPSA) is 37.3 Å². The highest BCUT2D eigenvalue weighted by molar-refractivity contribution is 8.03. The average molecular weight is 331 g/mol. The van der Waals surface area contributed by atoms with E-state index in [0.717, 1.165) is 17.2 Å². The quantitative estimate of drug-likeness (QED) is 0.820. The number of rotatable bonds is 6. The molecule has 1 aliphatic rings. The molecule has 0 radical (unpaired) electrons. The Labute approximate surface area is 133 Å². The third-order valence-corrected chi connectivity index (χ3v) is 6.76. The zero-order valence-electron chi connectivity index (χ0n) is 11.3. The van der Waals surface area contributed by atoms with Crippen molar-refractivity contribution in [1.29, 1.82) is 0 Å². The van der Waals surface area contributed by atoms with Crippen molar-refractivity contribution in [1.82, 2.24) is 0 Å². The highest BCUT2D eigenvalue weighted by Gasteiger charge is 2.26. The molecule has 20 heavy (non-hydrogen) atoms. The Kier molecular flexibility index (Phi) is 6.59. The van der Waals surface area contributed by atoms with Crippen molar-refractivity contribution >= 4 is 41.1 Å². The second kappa shape index (κ2) is 8.20. The lowest BCUT2D eigenvalue weighted by Crippen LogP contribution is -2.25. The summed E-state index contributed by atoms with van der Waals surface area (Å²) in [7, 11) is 0. The third-order valence-electron chi connectivity index (χ3n) is 3.44. The minimum absolute atomic E-state index is 0.225. The summed E-state index contributed by atoms with van der Waals surface area (Å²) in [5.41, 5.74) is 1.28. The number of carbonyl (C=O) groups is 1. The molecule has 1 saturated carbocycles. The highest BCUT2D eigenvalue weighted by Crippen LogP contribution is 2.37. The van der Waals surface area contributed by atoms with Crippen LogP contribution in [0.3, 0.4) is 0 Å². The average Bonchev–Trinajstić information content (AvgIpc) is 2.45. The summed E-state index contributed by atoms with van der Waals surface area (Å²) in [4.78, 5) is 10.7. The van der Waals surface area contributed by atoms with Crippen LogP contribution in [0, 0.1) is 0 Å². The second-order valence-corrected chi connectivity index (χ2v) is 7.90. The first-order chi connectivity index (χ1) is 9.65. The fourth-order valence-corrected chi connectivity index (χ4v) is 5.33. The smallest absolute Gasteiger partial charge is 0.313 e. The van der Waals surface area contributed by atoms with Crippen molar-refractivity contribution in [2.45, 2.75) is 41.9 Å². The van der Waals surface area contributed by atoms with E-state index < -0.39 is 5.97 Å². The van der Waals surface area contributed by atoms with Gasteiger partial charge in [-0.2, -0.15) is 11.8 Å². The van der Waals surface area contributed by atoms with Crippen LogP contribution in [0.5, 0.6) is 0 Å². The van der Waals surface area contributed by atoms with Gasteiger partial charge in [-0.3, -0.25) is 4.79 Å². The first-order valence-electron chi connectivity index (χ1n) is 6.84. The van der Waals surface area contributed by atoms with Crippen molar-refractivity contribution in [3.05, 3.63) is 34.9 Å². The summed E-state index contributed by atoms with van der Waals surface area (Å²) >= 11 is 9.46. The summed E-state index contributed by atoms with van der Waals surface area (Å²) in [5.74, 6) is 0.497. The van der Waals surface area contributed by atoms with E-state index in [1.54, 1.807) is 11.8 Å². The first kappa shape index (κ1) is 16.1. The first-order valence-corrected chi connectivity index (χ1v) is 9.32. The van der Waals surface area contributed by atoms with Gasteiger partial charge in [0.25, 0.3) is 0 Å². The van der Waals surface area contributed by atoms with E-state index in [1.807, 2.05) is 23.9 Å². The summed E-state index contributed by atoms with van der Waals surface area (Å²) in [5, 5.41) is 10.7. The Morgan fingerprint density at radius 1 is 1.15 bits per heavy atom. The van der Waals surface area contributed by atoms with Gasteiger partial charge in [-0.25, -0.2) is 0 Å². The van der Waals surface area contributed by atoms with Crippen molar-refractivity contribution in [3.8, 4) is 0 Å². The van der Waals surface area contributed by atoms with E-state index >= 15 is 0 Å². The number of hydrogen-bond donors (Lipinski definition) is 1. The standard InChI is InChI=1S/C15H19ClO2S2/c16-12-7-5-11(6-8-12)9-19-13-3-1-2-4-14(13)20-10-15(17)18/h5-8,13-14H,1-4,9-10H2,(H,17,18)/t13-,14-/m1/s1. The zero-order valence-corrected chi connectivity index (χ0v) is 13.6. The lowest BCUT2D eigenvalue weighted by molar-refractivity contribution is -0.133. The molecule has 0 aliphatic heterocycles.